The van der Waals surface area contributed by atoms with Gasteiger partial charge >= 0.3 is 6.18 Å². The summed E-state index contributed by atoms with van der Waals surface area (Å²) in [7, 11) is 1.34. The maximum Gasteiger partial charge on any atom is 0.390 e. The average molecular weight is 305 g/mol. The second-order valence-corrected chi connectivity index (χ2v) is 5.23. The van der Waals surface area contributed by atoms with Crippen molar-refractivity contribution < 1.29 is 23.1 Å². The van der Waals surface area contributed by atoms with Crippen LogP contribution < -0.4 is 0 Å². The Labute approximate surface area is 119 Å². The van der Waals surface area contributed by atoms with Gasteiger partial charge in [-0.1, -0.05) is 11.8 Å². The molecular formula is C13H14F3NO2S. The third kappa shape index (κ3) is 4.87. The van der Waals surface area contributed by atoms with Crippen molar-refractivity contribution in [3.63, 3.8) is 0 Å². The van der Waals surface area contributed by atoms with Gasteiger partial charge in [0.25, 0.3) is 5.91 Å². The first-order valence-electron chi connectivity index (χ1n) is 5.77. The molecule has 7 heteroatoms. The van der Waals surface area contributed by atoms with Crippen molar-refractivity contribution in [3.05, 3.63) is 21.4 Å². The number of rotatable bonds is 3. The maximum absolute atomic E-state index is 12.1. The molecule has 0 fully saturated rings. The van der Waals surface area contributed by atoms with Gasteiger partial charge in [0.15, 0.2) is 0 Å². The molecule has 1 amide bonds. The minimum atomic E-state index is -4.28. The highest BCUT2D eigenvalue weighted by molar-refractivity contribution is 7.14. The molecule has 0 aromatic carbocycles. The smallest absolute Gasteiger partial charge is 0.384 e. The number of nitrogens with zero attached hydrogens (tertiary/aromatic N) is 1. The van der Waals surface area contributed by atoms with Crippen LogP contribution in [0.4, 0.5) is 13.2 Å². The summed E-state index contributed by atoms with van der Waals surface area (Å²) in [6, 6.07) is 1.60. The van der Waals surface area contributed by atoms with Crippen molar-refractivity contribution >= 4 is 17.2 Å². The molecule has 0 aliphatic rings. The number of hydrogen-bond donors (Lipinski definition) is 1. The molecule has 0 unspecified atom stereocenters. The molecule has 0 saturated heterocycles. The van der Waals surface area contributed by atoms with Gasteiger partial charge in [0.05, 0.1) is 16.2 Å². The first kappa shape index (κ1) is 16.5. The van der Waals surface area contributed by atoms with Crippen molar-refractivity contribution in [2.75, 3.05) is 20.2 Å². The van der Waals surface area contributed by atoms with E-state index < -0.39 is 18.5 Å². The number of aryl methyl sites for hydroxylation is 1. The van der Waals surface area contributed by atoms with Crippen LogP contribution in [0.5, 0.6) is 0 Å². The van der Waals surface area contributed by atoms with Crippen LogP contribution in [0.25, 0.3) is 0 Å². The van der Waals surface area contributed by atoms with Gasteiger partial charge in [-0.25, -0.2) is 0 Å². The van der Waals surface area contributed by atoms with Crippen LogP contribution in [-0.2, 0) is 0 Å². The highest BCUT2D eigenvalue weighted by Gasteiger charge is 2.28. The van der Waals surface area contributed by atoms with Gasteiger partial charge in [-0.3, -0.25) is 4.79 Å². The lowest BCUT2D eigenvalue weighted by Gasteiger charge is -2.17. The number of halogens is 3. The number of alkyl halides is 3. The summed E-state index contributed by atoms with van der Waals surface area (Å²) in [4.78, 5) is 14.0. The van der Waals surface area contributed by atoms with E-state index in [1.807, 2.05) is 0 Å². The zero-order chi connectivity index (χ0) is 15.3. The van der Waals surface area contributed by atoms with E-state index in [2.05, 4.69) is 11.8 Å². The number of carbonyl (C=O) groups excluding carboxylic acids is 1. The summed E-state index contributed by atoms with van der Waals surface area (Å²) >= 11 is 1.11. The Balaban J connectivity index is 2.77. The lowest BCUT2D eigenvalue weighted by molar-refractivity contribution is -0.136. The van der Waals surface area contributed by atoms with E-state index in [9.17, 15) is 18.0 Å². The highest BCUT2D eigenvalue weighted by Crippen LogP contribution is 2.23. The van der Waals surface area contributed by atoms with Crippen LogP contribution in [-0.4, -0.2) is 42.3 Å². The molecule has 1 rings (SSSR count). The minimum Gasteiger partial charge on any atom is -0.384 e. The second kappa shape index (κ2) is 6.77. The monoisotopic (exact) mass is 305 g/mol. The van der Waals surface area contributed by atoms with E-state index >= 15 is 0 Å². The van der Waals surface area contributed by atoms with Crippen molar-refractivity contribution in [1.82, 2.24) is 4.90 Å². The molecule has 1 aromatic rings. The van der Waals surface area contributed by atoms with Crippen LogP contribution in [0.3, 0.4) is 0 Å². The summed E-state index contributed by atoms with van der Waals surface area (Å²) in [5, 5.41) is 8.62. The third-order valence-electron chi connectivity index (χ3n) is 2.49. The zero-order valence-electron chi connectivity index (χ0n) is 11.0. The van der Waals surface area contributed by atoms with Crippen molar-refractivity contribution in [2.45, 2.75) is 19.5 Å². The quantitative estimate of drug-likeness (QED) is 0.871. The summed E-state index contributed by atoms with van der Waals surface area (Å²) in [6.07, 6.45) is -5.31. The van der Waals surface area contributed by atoms with E-state index in [-0.39, 0.29) is 13.2 Å². The molecule has 0 atom stereocenters. The summed E-state index contributed by atoms with van der Waals surface area (Å²) in [5.74, 6) is 4.72. The number of amides is 1. The van der Waals surface area contributed by atoms with Crippen molar-refractivity contribution in [2.24, 2.45) is 0 Å². The largest absolute Gasteiger partial charge is 0.390 e. The molecule has 1 N–H and O–H groups in total. The molecular weight excluding hydrogens is 291 g/mol. The van der Waals surface area contributed by atoms with Crippen LogP contribution in [0.2, 0.25) is 0 Å². The number of thiophene rings is 1. The van der Waals surface area contributed by atoms with Crippen molar-refractivity contribution in [3.8, 4) is 11.8 Å². The van der Waals surface area contributed by atoms with Gasteiger partial charge in [0.1, 0.15) is 6.61 Å². The predicted molar refractivity (Wildman–Crippen MR) is 70.7 cm³/mol. The van der Waals surface area contributed by atoms with Gasteiger partial charge in [-0.2, -0.15) is 13.2 Å². The average Bonchev–Trinajstić information content (AvgIpc) is 2.73. The Morgan fingerprint density at radius 1 is 1.50 bits per heavy atom. The van der Waals surface area contributed by atoms with E-state index in [1.165, 1.54) is 7.05 Å². The SMILES string of the molecule is Cc1cc(C(=O)N(C)CCC(F)(F)F)sc1C#CCO. The van der Waals surface area contributed by atoms with Crippen LogP contribution in [0.1, 0.15) is 26.5 Å². The molecule has 0 bridgehead atoms. The van der Waals surface area contributed by atoms with Gasteiger partial charge < -0.3 is 10.0 Å². The fraction of sp³-hybridized carbons (Fsp3) is 0.462. The second-order valence-electron chi connectivity index (χ2n) is 4.17. The molecule has 1 aromatic heterocycles. The normalized spacial score (nSPS) is 10.9. The highest BCUT2D eigenvalue weighted by atomic mass is 32.1. The molecule has 0 saturated carbocycles. The van der Waals surface area contributed by atoms with Crippen LogP contribution in [0, 0.1) is 18.8 Å². The molecule has 0 spiro atoms. The summed E-state index contributed by atoms with van der Waals surface area (Å²) in [5.41, 5.74) is 0.767. The standard InChI is InChI=1S/C13H14F3NO2S/c1-9-8-11(20-10(9)4-3-7-18)12(19)17(2)6-5-13(14,15)16/h8,18H,5-7H2,1-2H3. The number of hydrogen-bond acceptors (Lipinski definition) is 3. The van der Waals surface area contributed by atoms with Crippen LogP contribution in [0.15, 0.2) is 6.07 Å². The van der Waals surface area contributed by atoms with Crippen LogP contribution >= 0.6 is 11.3 Å². The van der Waals surface area contributed by atoms with Gasteiger partial charge in [-0.15, -0.1) is 11.3 Å². The Hall–Kier alpha value is -1.52. The van der Waals surface area contributed by atoms with Gasteiger partial charge in [-0.05, 0) is 18.6 Å². The lowest BCUT2D eigenvalue weighted by atomic mass is 10.2. The van der Waals surface area contributed by atoms with Gasteiger partial charge in [0.2, 0.25) is 0 Å². The first-order chi connectivity index (χ1) is 9.24. The van der Waals surface area contributed by atoms with Gasteiger partial charge in [0, 0.05) is 13.6 Å². The molecule has 0 aliphatic carbocycles. The van der Waals surface area contributed by atoms with E-state index in [0.29, 0.717) is 9.75 Å². The molecule has 20 heavy (non-hydrogen) atoms. The fourth-order valence-corrected chi connectivity index (χ4v) is 2.46. The Morgan fingerprint density at radius 2 is 2.15 bits per heavy atom. The third-order valence-corrected chi connectivity index (χ3v) is 3.63. The lowest BCUT2D eigenvalue weighted by Crippen LogP contribution is -2.30. The topological polar surface area (TPSA) is 40.5 Å². The Morgan fingerprint density at radius 3 is 2.70 bits per heavy atom. The fourth-order valence-electron chi connectivity index (χ4n) is 1.42. The predicted octanol–water partition coefficient (Wildman–Crippen LogP) is 2.42. The zero-order valence-corrected chi connectivity index (χ0v) is 11.9. The first-order valence-corrected chi connectivity index (χ1v) is 6.58. The van der Waals surface area contributed by atoms with E-state index in [0.717, 1.165) is 21.8 Å². The Kier molecular flexibility index (Phi) is 5.60. The van der Waals surface area contributed by atoms with Crippen molar-refractivity contribution in [1.29, 1.82) is 0 Å². The number of carbonyl (C=O) groups is 1. The molecule has 0 aliphatic heterocycles. The van der Waals surface area contributed by atoms with E-state index in [1.54, 1.807) is 13.0 Å². The molecule has 110 valence electrons. The summed E-state index contributed by atoms with van der Waals surface area (Å²) in [6.45, 7) is 1.09. The Bertz CT molecular complexity index is 540. The molecule has 3 nitrogen and oxygen atoms in total. The maximum atomic E-state index is 12.1. The minimum absolute atomic E-state index is 0.286. The molecule has 0 radical (unpaired) electrons. The molecule has 1 heterocycles. The summed E-state index contributed by atoms with van der Waals surface area (Å²) < 4.78 is 36.3. The number of aliphatic hydroxyl groups excluding tert-OH is 1. The van der Waals surface area contributed by atoms with E-state index in [4.69, 9.17) is 5.11 Å². The number of aliphatic hydroxyl groups is 1.